The third kappa shape index (κ3) is 3.76. The molecule has 104 valence electrons. The van der Waals surface area contributed by atoms with E-state index in [-0.39, 0.29) is 4.99 Å². The number of ether oxygens (including phenoxy) is 1. The zero-order chi connectivity index (χ0) is 14.7. The summed E-state index contributed by atoms with van der Waals surface area (Å²) in [7, 11) is 0. The van der Waals surface area contributed by atoms with Gasteiger partial charge in [0.15, 0.2) is 0 Å². The molecule has 0 aliphatic carbocycles. The third-order valence-corrected chi connectivity index (χ3v) is 3.78. The Balaban J connectivity index is 2.18. The zero-order valence-corrected chi connectivity index (χ0v) is 13.3. The molecule has 6 heteroatoms. The van der Waals surface area contributed by atoms with Gasteiger partial charge < -0.3 is 10.5 Å². The van der Waals surface area contributed by atoms with Crippen molar-refractivity contribution in [2.24, 2.45) is 5.73 Å². The van der Waals surface area contributed by atoms with Crippen molar-refractivity contribution >= 4 is 52.0 Å². The Labute approximate surface area is 137 Å². The van der Waals surface area contributed by atoms with Gasteiger partial charge in [-0.2, -0.15) is 0 Å². The van der Waals surface area contributed by atoms with Gasteiger partial charge in [-0.15, -0.1) is 0 Å². The lowest BCUT2D eigenvalue weighted by Gasteiger charge is -2.11. The van der Waals surface area contributed by atoms with Gasteiger partial charge in [0.2, 0.25) is 0 Å². The highest BCUT2D eigenvalue weighted by atomic mass is 35.5. The molecule has 0 saturated heterocycles. The van der Waals surface area contributed by atoms with Gasteiger partial charge in [-0.1, -0.05) is 53.1 Å². The van der Waals surface area contributed by atoms with Gasteiger partial charge in [0.1, 0.15) is 17.3 Å². The summed E-state index contributed by atoms with van der Waals surface area (Å²) in [6.07, 6.45) is 0. The molecule has 0 bridgehead atoms. The molecule has 2 N–H and O–H groups in total. The molecule has 2 aromatic rings. The molecule has 0 amide bonds. The number of thiocarbonyl (C=S) groups is 1. The van der Waals surface area contributed by atoms with Gasteiger partial charge in [0.25, 0.3) is 0 Å². The van der Waals surface area contributed by atoms with Crippen molar-refractivity contribution < 1.29 is 4.74 Å². The van der Waals surface area contributed by atoms with E-state index in [0.717, 1.165) is 5.56 Å². The summed E-state index contributed by atoms with van der Waals surface area (Å²) in [4.78, 5) is 0.233. The van der Waals surface area contributed by atoms with E-state index in [1.807, 2.05) is 6.07 Å². The summed E-state index contributed by atoms with van der Waals surface area (Å²) in [5.41, 5.74) is 7.15. The molecule has 0 unspecified atom stereocenters. The monoisotopic (exact) mass is 345 g/mol. The molecule has 0 radical (unpaired) electrons. The smallest absolute Gasteiger partial charge is 0.130 e. The summed E-state index contributed by atoms with van der Waals surface area (Å²) in [5, 5.41) is 1.54. The molecular formula is C14H10Cl3NOS. The van der Waals surface area contributed by atoms with Gasteiger partial charge >= 0.3 is 0 Å². The summed E-state index contributed by atoms with van der Waals surface area (Å²) in [6.45, 7) is 0.328. The first-order chi connectivity index (χ1) is 9.47. The topological polar surface area (TPSA) is 35.2 Å². The van der Waals surface area contributed by atoms with E-state index in [9.17, 15) is 0 Å². The normalized spacial score (nSPS) is 10.3. The van der Waals surface area contributed by atoms with E-state index in [0.29, 0.717) is 33.0 Å². The maximum absolute atomic E-state index is 5.95. The van der Waals surface area contributed by atoms with Gasteiger partial charge in [-0.25, -0.2) is 0 Å². The molecule has 0 aromatic heterocycles. The molecular weight excluding hydrogens is 337 g/mol. The standard InChI is InChI=1S/C14H10Cl3NOS/c15-9-2-4-13(10(6-9)14(18)20)19-7-8-1-3-11(16)12(17)5-8/h1-6H,7H2,(H2,18,20). The minimum absolute atomic E-state index is 0.233. The lowest BCUT2D eigenvalue weighted by molar-refractivity contribution is 0.305. The lowest BCUT2D eigenvalue weighted by atomic mass is 10.2. The van der Waals surface area contributed by atoms with Crippen LogP contribution in [0.15, 0.2) is 36.4 Å². The van der Waals surface area contributed by atoms with Gasteiger partial charge in [0.05, 0.1) is 15.6 Å². The second kappa shape index (κ2) is 6.64. The average molecular weight is 347 g/mol. The van der Waals surface area contributed by atoms with Crippen molar-refractivity contribution in [2.75, 3.05) is 0 Å². The van der Waals surface area contributed by atoms with Crippen molar-refractivity contribution in [3.05, 3.63) is 62.6 Å². The highest BCUT2D eigenvalue weighted by molar-refractivity contribution is 7.80. The number of nitrogens with two attached hydrogens (primary N) is 1. The van der Waals surface area contributed by atoms with Crippen LogP contribution in [0, 0.1) is 0 Å². The van der Waals surface area contributed by atoms with Gasteiger partial charge in [-0.05, 0) is 35.9 Å². The van der Waals surface area contributed by atoms with Crippen LogP contribution < -0.4 is 10.5 Å². The predicted molar refractivity (Wildman–Crippen MR) is 88.1 cm³/mol. The Bertz CT molecular complexity index is 661. The van der Waals surface area contributed by atoms with Crippen molar-refractivity contribution in [1.82, 2.24) is 0 Å². The minimum atomic E-state index is 0.233. The fourth-order valence-corrected chi connectivity index (χ4v) is 2.26. The van der Waals surface area contributed by atoms with Crippen LogP contribution in [0.3, 0.4) is 0 Å². The highest BCUT2D eigenvalue weighted by Crippen LogP contribution is 2.26. The second-order valence-corrected chi connectivity index (χ2v) is 5.73. The Morgan fingerprint density at radius 3 is 2.45 bits per heavy atom. The third-order valence-electron chi connectivity index (χ3n) is 2.59. The Kier molecular flexibility index (Phi) is 5.11. The molecule has 20 heavy (non-hydrogen) atoms. The van der Waals surface area contributed by atoms with Crippen LogP contribution in [0.2, 0.25) is 15.1 Å². The van der Waals surface area contributed by atoms with E-state index in [4.69, 9.17) is 57.5 Å². The quantitative estimate of drug-likeness (QED) is 0.803. The molecule has 0 saturated carbocycles. The van der Waals surface area contributed by atoms with Gasteiger partial charge in [-0.3, -0.25) is 0 Å². The second-order valence-electron chi connectivity index (χ2n) is 4.04. The maximum atomic E-state index is 5.95. The first kappa shape index (κ1) is 15.4. The molecule has 2 aromatic carbocycles. The minimum Gasteiger partial charge on any atom is -0.488 e. The summed E-state index contributed by atoms with van der Waals surface area (Å²) in [5.74, 6) is 0.577. The van der Waals surface area contributed by atoms with Crippen LogP contribution in [0.4, 0.5) is 0 Å². The van der Waals surface area contributed by atoms with Gasteiger partial charge in [0, 0.05) is 5.02 Å². The maximum Gasteiger partial charge on any atom is 0.130 e. The summed E-state index contributed by atoms with van der Waals surface area (Å²) < 4.78 is 5.71. The Morgan fingerprint density at radius 2 is 1.80 bits per heavy atom. The van der Waals surface area contributed by atoms with E-state index >= 15 is 0 Å². The highest BCUT2D eigenvalue weighted by Gasteiger charge is 2.08. The Hall–Kier alpha value is -1.000. The van der Waals surface area contributed by atoms with Crippen LogP contribution in [-0.4, -0.2) is 4.99 Å². The molecule has 2 nitrogen and oxygen atoms in total. The SMILES string of the molecule is NC(=S)c1cc(Cl)ccc1OCc1ccc(Cl)c(Cl)c1. The van der Waals surface area contributed by atoms with Crippen molar-refractivity contribution in [3.63, 3.8) is 0 Å². The average Bonchev–Trinajstić information content (AvgIpc) is 2.41. The largest absolute Gasteiger partial charge is 0.488 e. The number of hydrogen-bond donors (Lipinski definition) is 1. The number of rotatable bonds is 4. The van der Waals surface area contributed by atoms with Crippen molar-refractivity contribution in [2.45, 2.75) is 6.61 Å². The number of hydrogen-bond acceptors (Lipinski definition) is 2. The fourth-order valence-electron chi connectivity index (χ4n) is 1.61. The van der Waals surface area contributed by atoms with E-state index in [1.54, 1.807) is 30.3 Å². The lowest BCUT2D eigenvalue weighted by Crippen LogP contribution is -2.11. The van der Waals surface area contributed by atoms with Crippen molar-refractivity contribution in [1.29, 1.82) is 0 Å². The molecule has 0 fully saturated rings. The van der Waals surface area contributed by atoms with Crippen LogP contribution in [0.25, 0.3) is 0 Å². The fraction of sp³-hybridized carbons (Fsp3) is 0.0714. The molecule has 0 aliphatic rings. The van der Waals surface area contributed by atoms with Crippen LogP contribution in [0.5, 0.6) is 5.75 Å². The number of halogens is 3. The van der Waals surface area contributed by atoms with Crippen LogP contribution in [0.1, 0.15) is 11.1 Å². The first-order valence-corrected chi connectivity index (χ1v) is 7.17. The van der Waals surface area contributed by atoms with Crippen molar-refractivity contribution in [3.8, 4) is 5.75 Å². The predicted octanol–water partition coefficient (Wildman–Crippen LogP) is 4.86. The molecule has 2 rings (SSSR count). The molecule has 0 aliphatic heterocycles. The van der Waals surface area contributed by atoms with E-state index in [2.05, 4.69) is 0 Å². The van der Waals surface area contributed by atoms with E-state index < -0.39 is 0 Å². The summed E-state index contributed by atoms with van der Waals surface area (Å²) in [6, 6.07) is 10.4. The number of benzene rings is 2. The van der Waals surface area contributed by atoms with Crippen LogP contribution >= 0.6 is 47.0 Å². The molecule has 0 heterocycles. The Morgan fingerprint density at radius 1 is 1.05 bits per heavy atom. The van der Waals surface area contributed by atoms with E-state index in [1.165, 1.54) is 0 Å². The summed E-state index contributed by atoms with van der Waals surface area (Å²) >= 11 is 22.7. The zero-order valence-electron chi connectivity index (χ0n) is 10.2. The first-order valence-electron chi connectivity index (χ1n) is 5.63. The molecule has 0 atom stereocenters. The van der Waals surface area contributed by atoms with Crippen LogP contribution in [-0.2, 0) is 6.61 Å². The molecule has 0 spiro atoms.